The van der Waals surface area contributed by atoms with Crippen LogP contribution in [0.4, 0.5) is 0 Å². The second kappa shape index (κ2) is 13.7. The van der Waals surface area contributed by atoms with E-state index in [9.17, 15) is 33.9 Å². The Morgan fingerprint density at radius 3 is 1.90 bits per heavy atom. The fourth-order valence-electron chi connectivity index (χ4n) is 8.17. The molecule has 3 aliphatic rings. The molecule has 1 aliphatic heterocycles. The molecular weight excluding hydrogens is 670 g/mol. The fraction of sp³-hybridized carbons (Fsp3) is 0.528. The molecule has 2 bridgehead atoms. The molecule has 9 atom stereocenters. The summed E-state index contributed by atoms with van der Waals surface area (Å²) in [7, 11) is 0. The van der Waals surface area contributed by atoms with Gasteiger partial charge in [0.05, 0.1) is 16.7 Å². The van der Waals surface area contributed by atoms with Crippen molar-refractivity contribution in [1.29, 1.82) is 0 Å². The average Bonchev–Trinajstić information content (AvgIpc) is 3.23. The summed E-state index contributed by atoms with van der Waals surface area (Å²) in [5.74, 6) is -6.21. The SMILES string of the molecule is CC(=O)OCC12C(OC(=O)c3cccnc3)CC3C(OC(=O)c4ccccc4)C1(OC3(C)C)C(C)(O)C(OC(C)=O)C(OC(C)=O)C2OC(C)=O. The van der Waals surface area contributed by atoms with E-state index in [1.54, 1.807) is 32.0 Å². The van der Waals surface area contributed by atoms with E-state index in [1.807, 2.05) is 0 Å². The number of aliphatic hydroxyl groups is 1. The number of rotatable bonds is 9. The van der Waals surface area contributed by atoms with Gasteiger partial charge in [0.1, 0.15) is 29.8 Å². The largest absolute Gasteiger partial charge is 0.465 e. The topological polar surface area (TPSA) is 200 Å². The fourth-order valence-corrected chi connectivity index (χ4v) is 8.17. The number of nitrogens with zero attached hydrogens (tertiary/aromatic N) is 1. The molecule has 5 rings (SSSR count). The lowest BCUT2D eigenvalue weighted by Gasteiger charge is -2.67. The number of carbonyl (C=O) groups is 6. The first-order valence-electron chi connectivity index (χ1n) is 16.3. The first-order chi connectivity index (χ1) is 23.9. The molecule has 274 valence electrons. The van der Waals surface area contributed by atoms with Gasteiger partial charge < -0.3 is 38.3 Å². The Morgan fingerprint density at radius 2 is 1.33 bits per heavy atom. The van der Waals surface area contributed by atoms with Crippen molar-refractivity contribution in [3.63, 3.8) is 0 Å². The van der Waals surface area contributed by atoms with E-state index in [0.717, 1.165) is 27.7 Å². The number of esters is 6. The zero-order valence-corrected chi connectivity index (χ0v) is 29.3. The Bertz CT molecular complexity index is 1690. The lowest BCUT2D eigenvalue weighted by atomic mass is 9.45. The van der Waals surface area contributed by atoms with Crippen molar-refractivity contribution < 1.29 is 67.0 Å². The van der Waals surface area contributed by atoms with Crippen molar-refractivity contribution in [1.82, 2.24) is 4.98 Å². The molecule has 15 heteroatoms. The Balaban J connectivity index is 1.87. The monoisotopic (exact) mass is 711 g/mol. The third-order valence-electron chi connectivity index (χ3n) is 10.0. The maximum Gasteiger partial charge on any atom is 0.340 e. The van der Waals surface area contributed by atoms with Gasteiger partial charge in [0.25, 0.3) is 0 Å². The molecule has 2 heterocycles. The number of aromatic nitrogens is 1. The third-order valence-corrected chi connectivity index (χ3v) is 10.0. The molecule has 15 nitrogen and oxygen atoms in total. The second-order valence-electron chi connectivity index (χ2n) is 13.7. The predicted octanol–water partition coefficient (Wildman–Crippen LogP) is 2.51. The van der Waals surface area contributed by atoms with Gasteiger partial charge in [-0.05, 0) is 51.5 Å². The molecule has 2 saturated carbocycles. The standard InChI is InChI=1S/C36H41NO14/c1-19(38)45-18-35-26(49-32(43)24-14-11-15-37-17-24)16-25-28(50-31(42)23-12-9-8-10-13-23)36(35,51-33(25,5)6)34(7,44)29(47-21(3)40)27(46-20(2)39)30(35)48-22(4)41/h8-15,17,25-30,44H,16,18H2,1-7H3. The average molecular weight is 712 g/mol. The van der Waals surface area contributed by atoms with E-state index >= 15 is 0 Å². The van der Waals surface area contributed by atoms with Crippen molar-refractivity contribution in [2.24, 2.45) is 11.3 Å². The van der Waals surface area contributed by atoms with Gasteiger partial charge >= 0.3 is 35.8 Å². The Hall–Kier alpha value is -4.89. The molecule has 2 aromatic rings. The third kappa shape index (κ3) is 6.33. The van der Waals surface area contributed by atoms with Crippen LogP contribution in [0.15, 0.2) is 54.9 Å². The van der Waals surface area contributed by atoms with Crippen molar-refractivity contribution >= 4 is 35.8 Å². The summed E-state index contributed by atoms with van der Waals surface area (Å²) >= 11 is 0. The van der Waals surface area contributed by atoms with E-state index in [4.69, 9.17) is 33.2 Å². The summed E-state index contributed by atoms with van der Waals surface area (Å²) in [4.78, 5) is 82.8. The van der Waals surface area contributed by atoms with E-state index in [2.05, 4.69) is 4.98 Å². The van der Waals surface area contributed by atoms with Crippen LogP contribution in [-0.4, -0.2) is 99.8 Å². The molecule has 2 aliphatic carbocycles. The van der Waals surface area contributed by atoms with E-state index < -0.39 is 101 Å². The highest BCUT2D eigenvalue weighted by Gasteiger charge is 2.89. The van der Waals surface area contributed by atoms with Gasteiger partial charge in [-0.25, -0.2) is 9.59 Å². The quantitative estimate of drug-likeness (QED) is 0.294. The molecule has 51 heavy (non-hydrogen) atoms. The van der Waals surface area contributed by atoms with Crippen LogP contribution < -0.4 is 0 Å². The van der Waals surface area contributed by atoms with Crippen LogP contribution in [0.3, 0.4) is 0 Å². The van der Waals surface area contributed by atoms with Gasteiger partial charge in [-0.2, -0.15) is 0 Å². The van der Waals surface area contributed by atoms with Gasteiger partial charge in [0, 0.05) is 46.0 Å². The highest BCUT2D eigenvalue weighted by Crippen LogP contribution is 2.69. The highest BCUT2D eigenvalue weighted by molar-refractivity contribution is 5.90. The summed E-state index contributed by atoms with van der Waals surface area (Å²) < 4.78 is 42.4. The van der Waals surface area contributed by atoms with E-state index in [1.165, 1.54) is 43.6 Å². The molecule has 1 saturated heterocycles. The number of fused-ring (bicyclic) bond motifs is 1. The van der Waals surface area contributed by atoms with Gasteiger partial charge in [-0.1, -0.05) is 18.2 Å². The van der Waals surface area contributed by atoms with Gasteiger partial charge in [-0.3, -0.25) is 24.2 Å². The lowest BCUT2D eigenvalue weighted by molar-refractivity contribution is -0.378. The normalized spacial score (nSPS) is 33.1. The molecule has 1 aromatic carbocycles. The van der Waals surface area contributed by atoms with Crippen molar-refractivity contribution in [3.8, 4) is 0 Å². The molecule has 1 spiro atoms. The van der Waals surface area contributed by atoms with E-state index in [-0.39, 0.29) is 17.5 Å². The number of carbonyl (C=O) groups excluding carboxylic acids is 6. The zero-order chi connectivity index (χ0) is 37.5. The van der Waals surface area contributed by atoms with Gasteiger partial charge in [0.2, 0.25) is 0 Å². The number of ether oxygens (including phenoxy) is 7. The highest BCUT2D eigenvalue weighted by atomic mass is 16.7. The molecule has 0 amide bonds. The minimum Gasteiger partial charge on any atom is -0.465 e. The zero-order valence-electron chi connectivity index (χ0n) is 29.3. The molecule has 1 N–H and O–H groups in total. The minimum absolute atomic E-state index is 0.0280. The second-order valence-corrected chi connectivity index (χ2v) is 13.7. The maximum atomic E-state index is 13.9. The first-order valence-corrected chi connectivity index (χ1v) is 16.3. The minimum atomic E-state index is -2.54. The van der Waals surface area contributed by atoms with Crippen LogP contribution >= 0.6 is 0 Å². The predicted molar refractivity (Wildman–Crippen MR) is 171 cm³/mol. The van der Waals surface area contributed by atoms with Crippen molar-refractivity contribution in [3.05, 3.63) is 66.0 Å². The Labute approximate surface area is 293 Å². The summed E-state index contributed by atoms with van der Waals surface area (Å²) in [6.07, 6.45) is -5.91. The molecule has 3 fully saturated rings. The Kier molecular flexibility index (Phi) is 10.0. The summed E-state index contributed by atoms with van der Waals surface area (Å²) in [5.41, 5.74) is -8.30. The van der Waals surface area contributed by atoms with Crippen LogP contribution in [0.25, 0.3) is 0 Å². The molecule has 0 radical (unpaired) electrons. The van der Waals surface area contributed by atoms with Crippen LogP contribution in [0.1, 0.15) is 75.6 Å². The molecular formula is C36H41NO14. The van der Waals surface area contributed by atoms with Gasteiger partial charge in [0.15, 0.2) is 23.9 Å². The molecule has 1 aromatic heterocycles. The summed E-state index contributed by atoms with van der Waals surface area (Å²) in [6.45, 7) is 7.99. The summed E-state index contributed by atoms with van der Waals surface area (Å²) in [6, 6.07) is 10.9. The Morgan fingerprint density at radius 1 is 0.745 bits per heavy atom. The maximum absolute atomic E-state index is 13.9. The van der Waals surface area contributed by atoms with Crippen molar-refractivity contribution in [2.75, 3.05) is 6.61 Å². The molecule has 9 unspecified atom stereocenters. The number of hydrogen-bond donors (Lipinski definition) is 1. The smallest absolute Gasteiger partial charge is 0.340 e. The lowest BCUT2D eigenvalue weighted by Crippen LogP contribution is -2.87. The van der Waals surface area contributed by atoms with Crippen molar-refractivity contribution in [2.45, 2.75) is 102 Å². The first kappa shape index (κ1) is 37.4. The number of benzene rings is 1. The number of hydrogen-bond acceptors (Lipinski definition) is 15. The number of pyridine rings is 1. The van der Waals surface area contributed by atoms with Gasteiger partial charge in [-0.15, -0.1) is 0 Å². The summed E-state index contributed by atoms with van der Waals surface area (Å²) in [5, 5.41) is 13.1. The van der Waals surface area contributed by atoms with Crippen LogP contribution in [0, 0.1) is 11.3 Å². The van der Waals surface area contributed by atoms with Crippen LogP contribution in [0.5, 0.6) is 0 Å². The van der Waals surface area contributed by atoms with Crippen LogP contribution in [0.2, 0.25) is 0 Å². The van der Waals surface area contributed by atoms with E-state index in [0.29, 0.717) is 0 Å². The van der Waals surface area contributed by atoms with Crippen LogP contribution in [-0.2, 0) is 52.3 Å².